The van der Waals surface area contributed by atoms with E-state index in [0.717, 1.165) is 28.4 Å². The summed E-state index contributed by atoms with van der Waals surface area (Å²) < 4.78 is 20.4. The molecule has 0 radical (unpaired) electrons. The highest BCUT2D eigenvalue weighted by Crippen LogP contribution is 2.26. The summed E-state index contributed by atoms with van der Waals surface area (Å²) in [7, 11) is 1.61. The molecule has 0 saturated carbocycles. The van der Waals surface area contributed by atoms with Crippen molar-refractivity contribution in [3.63, 3.8) is 0 Å². The van der Waals surface area contributed by atoms with Crippen molar-refractivity contribution in [2.45, 2.75) is 19.4 Å². The van der Waals surface area contributed by atoms with Crippen molar-refractivity contribution in [2.24, 2.45) is 0 Å². The molecule has 0 aliphatic carbocycles. The van der Waals surface area contributed by atoms with Crippen LogP contribution in [0.5, 0.6) is 5.75 Å². The van der Waals surface area contributed by atoms with Gasteiger partial charge in [0, 0.05) is 24.9 Å². The lowest BCUT2D eigenvalue weighted by Gasteiger charge is -2.09. The van der Waals surface area contributed by atoms with E-state index in [1.54, 1.807) is 30.0 Å². The average molecular weight is 455 g/mol. The number of amides is 1. The van der Waals surface area contributed by atoms with Crippen molar-refractivity contribution in [1.29, 1.82) is 5.26 Å². The van der Waals surface area contributed by atoms with E-state index in [2.05, 4.69) is 11.4 Å². The minimum Gasteiger partial charge on any atom is -0.497 e. The van der Waals surface area contributed by atoms with Gasteiger partial charge >= 0.3 is 0 Å². The molecule has 1 N–H and O–H groups in total. The molecule has 0 aliphatic rings. The average Bonchev–Trinajstić information content (AvgIpc) is 3.31. The largest absolute Gasteiger partial charge is 0.497 e. The van der Waals surface area contributed by atoms with Gasteiger partial charge in [0.2, 0.25) is 5.91 Å². The number of aromatic nitrogens is 2. The standard InChI is InChI=1S/C27H23FN4O2/c1-34-25-11-9-24(10-12-25)32-26(21-6-2-4-19(14-21)17-29)16-23(31-32)8-13-27(33)30-18-20-5-3-7-22(28)15-20/h2-7,9-12,14-16H,8,13,18H2,1H3,(H,30,33). The molecular formula is C27H23FN4O2. The molecule has 4 rings (SSSR count). The van der Waals surface area contributed by atoms with Crippen molar-refractivity contribution in [1.82, 2.24) is 15.1 Å². The van der Waals surface area contributed by atoms with Gasteiger partial charge < -0.3 is 10.1 Å². The summed E-state index contributed by atoms with van der Waals surface area (Å²) in [5, 5.41) is 16.9. The molecule has 3 aromatic carbocycles. The number of nitrogens with one attached hydrogen (secondary N) is 1. The first kappa shape index (κ1) is 22.7. The fourth-order valence-corrected chi connectivity index (χ4v) is 3.60. The van der Waals surface area contributed by atoms with Crippen molar-refractivity contribution in [3.8, 4) is 28.8 Å². The van der Waals surface area contributed by atoms with E-state index in [1.807, 2.05) is 48.5 Å². The number of benzene rings is 3. The Morgan fingerprint density at radius 1 is 1.09 bits per heavy atom. The molecule has 1 heterocycles. The number of rotatable bonds is 8. The number of nitrogens with zero attached hydrogens (tertiary/aromatic N) is 3. The maximum atomic E-state index is 13.3. The van der Waals surface area contributed by atoms with Crippen LogP contribution in [0.15, 0.2) is 78.9 Å². The van der Waals surface area contributed by atoms with Gasteiger partial charge in [-0.2, -0.15) is 10.4 Å². The van der Waals surface area contributed by atoms with Crippen LogP contribution in [0.1, 0.15) is 23.2 Å². The summed E-state index contributed by atoms with van der Waals surface area (Å²) in [6, 6.07) is 25.1. The Kier molecular flexibility index (Phi) is 6.99. The van der Waals surface area contributed by atoms with Gasteiger partial charge in [-0.25, -0.2) is 9.07 Å². The number of nitriles is 1. The first-order valence-corrected chi connectivity index (χ1v) is 10.8. The number of ether oxygens (including phenoxy) is 1. The molecule has 0 saturated heterocycles. The highest BCUT2D eigenvalue weighted by atomic mass is 19.1. The first-order chi connectivity index (χ1) is 16.6. The topological polar surface area (TPSA) is 79.9 Å². The molecule has 34 heavy (non-hydrogen) atoms. The highest BCUT2D eigenvalue weighted by Gasteiger charge is 2.14. The van der Waals surface area contributed by atoms with E-state index >= 15 is 0 Å². The number of methoxy groups -OCH3 is 1. The summed E-state index contributed by atoms with van der Waals surface area (Å²) in [5.74, 6) is 0.263. The fourth-order valence-electron chi connectivity index (χ4n) is 3.60. The van der Waals surface area contributed by atoms with Gasteiger partial charge in [-0.1, -0.05) is 24.3 Å². The van der Waals surface area contributed by atoms with Crippen LogP contribution in [-0.4, -0.2) is 22.8 Å². The summed E-state index contributed by atoms with van der Waals surface area (Å²) >= 11 is 0. The maximum absolute atomic E-state index is 13.3. The van der Waals surface area contributed by atoms with E-state index in [4.69, 9.17) is 9.84 Å². The van der Waals surface area contributed by atoms with Crippen LogP contribution in [0, 0.1) is 17.1 Å². The number of halogens is 1. The van der Waals surface area contributed by atoms with Gasteiger partial charge in [0.25, 0.3) is 0 Å². The molecule has 0 spiro atoms. The highest BCUT2D eigenvalue weighted by molar-refractivity contribution is 5.76. The summed E-state index contributed by atoms with van der Waals surface area (Å²) in [6.45, 7) is 0.267. The summed E-state index contributed by atoms with van der Waals surface area (Å²) in [4.78, 5) is 12.4. The molecule has 6 nitrogen and oxygen atoms in total. The van der Waals surface area contributed by atoms with E-state index in [9.17, 15) is 14.4 Å². The van der Waals surface area contributed by atoms with Crippen molar-refractivity contribution < 1.29 is 13.9 Å². The van der Waals surface area contributed by atoms with Crippen LogP contribution in [-0.2, 0) is 17.8 Å². The van der Waals surface area contributed by atoms with Crippen LogP contribution in [0.25, 0.3) is 16.9 Å². The number of hydrogen-bond donors (Lipinski definition) is 1. The monoisotopic (exact) mass is 454 g/mol. The molecule has 1 amide bonds. The zero-order chi connectivity index (χ0) is 23.9. The minimum absolute atomic E-state index is 0.142. The molecule has 4 aromatic rings. The Labute approximate surface area is 197 Å². The lowest BCUT2D eigenvalue weighted by Crippen LogP contribution is -2.23. The molecule has 7 heteroatoms. The molecular weight excluding hydrogens is 431 g/mol. The lowest BCUT2D eigenvalue weighted by molar-refractivity contribution is -0.121. The maximum Gasteiger partial charge on any atom is 0.220 e. The smallest absolute Gasteiger partial charge is 0.220 e. The van der Waals surface area contributed by atoms with Gasteiger partial charge in [0.05, 0.1) is 35.8 Å². The van der Waals surface area contributed by atoms with E-state index in [-0.39, 0.29) is 24.7 Å². The quantitative estimate of drug-likeness (QED) is 0.414. The van der Waals surface area contributed by atoms with Crippen LogP contribution < -0.4 is 10.1 Å². The second-order valence-corrected chi connectivity index (χ2v) is 7.73. The molecule has 0 bridgehead atoms. The van der Waals surface area contributed by atoms with Crippen LogP contribution in [0.4, 0.5) is 4.39 Å². The molecule has 0 aliphatic heterocycles. The van der Waals surface area contributed by atoms with Crippen LogP contribution in [0.2, 0.25) is 0 Å². The van der Waals surface area contributed by atoms with Crippen molar-refractivity contribution in [3.05, 3.63) is 102 Å². The normalized spacial score (nSPS) is 10.5. The third kappa shape index (κ3) is 5.48. The van der Waals surface area contributed by atoms with E-state index in [1.165, 1.54) is 12.1 Å². The number of carbonyl (C=O) groups excluding carboxylic acids is 1. The summed E-state index contributed by atoms with van der Waals surface area (Å²) in [5.41, 5.74) is 4.51. The van der Waals surface area contributed by atoms with Gasteiger partial charge in [-0.15, -0.1) is 0 Å². The van der Waals surface area contributed by atoms with E-state index < -0.39 is 0 Å². The zero-order valence-electron chi connectivity index (χ0n) is 18.7. The first-order valence-electron chi connectivity index (χ1n) is 10.8. The number of hydrogen-bond acceptors (Lipinski definition) is 4. The van der Waals surface area contributed by atoms with E-state index in [0.29, 0.717) is 17.5 Å². The third-order valence-corrected chi connectivity index (χ3v) is 5.35. The van der Waals surface area contributed by atoms with Crippen LogP contribution >= 0.6 is 0 Å². The van der Waals surface area contributed by atoms with Gasteiger partial charge in [-0.05, 0) is 60.2 Å². The minimum atomic E-state index is -0.330. The fraction of sp³-hybridized carbons (Fsp3) is 0.148. The SMILES string of the molecule is COc1ccc(-n2nc(CCC(=O)NCc3cccc(F)c3)cc2-c2cccc(C#N)c2)cc1. The zero-order valence-corrected chi connectivity index (χ0v) is 18.7. The Bertz CT molecular complexity index is 1340. The predicted molar refractivity (Wildman–Crippen MR) is 127 cm³/mol. The molecule has 0 unspecified atom stereocenters. The molecule has 170 valence electrons. The van der Waals surface area contributed by atoms with Crippen molar-refractivity contribution >= 4 is 5.91 Å². The Hall–Kier alpha value is -4.44. The number of aryl methyl sites for hydroxylation is 1. The Morgan fingerprint density at radius 2 is 1.88 bits per heavy atom. The molecule has 0 atom stereocenters. The second kappa shape index (κ2) is 10.5. The van der Waals surface area contributed by atoms with Gasteiger partial charge in [0.15, 0.2) is 0 Å². The Morgan fingerprint density at radius 3 is 2.62 bits per heavy atom. The molecule has 0 fully saturated rings. The third-order valence-electron chi connectivity index (χ3n) is 5.35. The lowest BCUT2D eigenvalue weighted by atomic mass is 10.1. The molecule has 1 aromatic heterocycles. The Balaban J connectivity index is 1.53. The van der Waals surface area contributed by atoms with Gasteiger partial charge in [-0.3, -0.25) is 4.79 Å². The predicted octanol–water partition coefficient (Wildman–Crippen LogP) is 4.81. The van der Waals surface area contributed by atoms with Gasteiger partial charge in [0.1, 0.15) is 11.6 Å². The summed E-state index contributed by atoms with van der Waals surface area (Å²) in [6.07, 6.45) is 0.676. The van der Waals surface area contributed by atoms with Crippen LogP contribution in [0.3, 0.4) is 0 Å². The number of carbonyl (C=O) groups is 1. The second-order valence-electron chi connectivity index (χ2n) is 7.73. The van der Waals surface area contributed by atoms with Crippen molar-refractivity contribution in [2.75, 3.05) is 7.11 Å².